The summed E-state index contributed by atoms with van der Waals surface area (Å²) in [6.45, 7) is 5.82. The fraction of sp³-hybridized carbons (Fsp3) is 0.308. The van der Waals surface area contributed by atoms with Crippen molar-refractivity contribution in [2.45, 2.75) is 26.9 Å². The molecule has 0 fully saturated rings. The Labute approximate surface area is 110 Å². The summed E-state index contributed by atoms with van der Waals surface area (Å²) in [4.78, 5) is 0. The van der Waals surface area contributed by atoms with Gasteiger partial charge in [-0.05, 0) is 48.0 Å². The van der Waals surface area contributed by atoms with Crippen molar-refractivity contribution in [3.05, 3.63) is 46.2 Å². The van der Waals surface area contributed by atoms with Crippen LogP contribution in [0.15, 0.2) is 34.8 Å². The van der Waals surface area contributed by atoms with Crippen molar-refractivity contribution in [2.75, 3.05) is 5.32 Å². The predicted molar refractivity (Wildman–Crippen MR) is 74.1 cm³/mol. The first-order valence-electron chi connectivity index (χ1n) is 5.72. The quantitative estimate of drug-likeness (QED) is 0.934. The van der Waals surface area contributed by atoms with Gasteiger partial charge in [0.15, 0.2) is 0 Å². The van der Waals surface area contributed by atoms with E-state index in [1.807, 2.05) is 29.8 Å². The van der Waals surface area contributed by atoms with Crippen LogP contribution in [0.2, 0.25) is 0 Å². The van der Waals surface area contributed by atoms with Crippen molar-refractivity contribution >= 4 is 21.6 Å². The number of halogens is 1. The highest BCUT2D eigenvalue weighted by Gasteiger charge is 2.04. The SMILES string of the molecule is CCn1nc(C)cc1CNc1ccccc1Br. The summed E-state index contributed by atoms with van der Waals surface area (Å²) < 4.78 is 3.11. The summed E-state index contributed by atoms with van der Waals surface area (Å²) in [5.41, 5.74) is 3.38. The van der Waals surface area contributed by atoms with Gasteiger partial charge in [0, 0.05) is 16.7 Å². The van der Waals surface area contributed by atoms with Crippen LogP contribution in [0, 0.1) is 6.92 Å². The number of rotatable bonds is 4. The van der Waals surface area contributed by atoms with Gasteiger partial charge in [-0.3, -0.25) is 4.68 Å². The minimum atomic E-state index is 0.789. The fourth-order valence-corrected chi connectivity index (χ4v) is 2.23. The van der Waals surface area contributed by atoms with Gasteiger partial charge in [0.1, 0.15) is 0 Å². The number of para-hydroxylation sites is 1. The first kappa shape index (κ1) is 12.2. The zero-order chi connectivity index (χ0) is 12.3. The first-order valence-corrected chi connectivity index (χ1v) is 6.51. The molecular weight excluding hydrogens is 278 g/mol. The molecule has 0 spiro atoms. The third-order valence-electron chi connectivity index (χ3n) is 2.62. The largest absolute Gasteiger partial charge is 0.378 e. The highest BCUT2D eigenvalue weighted by Crippen LogP contribution is 2.21. The van der Waals surface area contributed by atoms with Crippen molar-refractivity contribution < 1.29 is 0 Å². The number of nitrogens with one attached hydrogen (secondary N) is 1. The summed E-state index contributed by atoms with van der Waals surface area (Å²) in [7, 11) is 0. The van der Waals surface area contributed by atoms with E-state index in [0.717, 1.165) is 28.9 Å². The molecule has 90 valence electrons. The number of nitrogens with zero attached hydrogens (tertiary/aromatic N) is 2. The maximum atomic E-state index is 4.43. The summed E-state index contributed by atoms with van der Waals surface area (Å²) in [6, 6.07) is 10.2. The van der Waals surface area contributed by atoms with E-state index in [-0.39, 0.29) is 0 Å². The first-order chi connectivity index (χ1) is 8.20. The Kier molecular flexibility index (Phi) is 3.84. The molecule has 0 saturated carbocycles. The number of anilines is 1. The molecule has 0 aliphatic rings. The molecule has 0 unspecified atom stereocenters. The average Bonchev–Trinajstić information content (AvgIpc) is 2.69. The Bertz CT molecular complexity index is 505. The van der Waals surface area contributed by atoms with Crippen LogP contribution in [-0.4, -0.2) is 9.78 Å². The number of aryl methyl sites for hydroxylation is 2. The molecule has 17 heavy (non-hydrogen) atoms. The summed E-state index contributed by atoms with van der Waals surface area (Å²) in [5, 5.41) is 7.84. The van der Waals surface area contributed by atoms with Crippen LogP contribution >= 0.6 is 15.9 Å². The summed E-state index contributed by atoms with van der Waals surface area (Å²) in [5.74, 6) is 0. The molecule has 2 rings (SSSR count). The molecule has 2 aromatic rings. The molecule has 1 N–H and O–H groups in total. The van der Waals surface area contributed by atoms with Gasteiger partial charge in [0.25, 0.3) is 0 Å². The van der Waals surface area contributed by atoms with Crippen molar-refractivity contribution in [2.24, 2.45) is 0 Å². The summed E-state index contributed by atoms with van der Waals surface area (Å²) >= 11 is 3.53. The van der Waals surface area contributed by atoms with Crippen LogP contribution in [0.5, 0.6) is 0 Å². The molecule has 0 radical (unpaired) electrons. The molecular formula is C13H16BrN3. The standard InChI is InChI=1S/C13H16BrN3/c1-3-17-11(8-10(2)16-17)9-15-13-7-5-4-6-12(13)14/h4-8,15H,3,9H2,1-2H3. The fourth-order valence-electron chi connectivity index (χ4n) is 1.81. The minimum Gasteiger partial charge on any atom is -0.378 e. The van der Waals surface area contributed by atoms with Crippen molar-refractivity contribution in [1.82, 2.24) is 9.78 Å². The second-order valence-electron chi connectivity index (χ2n) is 3.93. The lowest BCUT2D eigenvalue weighted by molar-refractivity contribution is 0.623. The normalized spacial score (nSPS) is 10.5. The molecule has 1 aromatic carbocycles. The van der Waals surface area contributed by atoms with Crippen LogP contribution in [0.1, 0.15) is 18.3 Å². The van der Waals surface area contributed by atoms with E-state index in [2.05, 4.69) is 45.4 Å². The van der Waals surface area contributed by atoms with Crippen LogP contribution in [0.4, 0.5) is 5.69 Å². The van der Waals surface area contributed by atoms with Crippen LogP contribution in [0.25, 0.3) is 0 Å². The molecule has 0 aliphatic heterocycles. The van der Waals surface area contributed by atoms with Gasteiger partial charge >= 0.3 is 0 Å². The summed E-state index contributed by atoms with van der Waals surface area (Å²) in [6.07, 6.45) is 0. The maximum absolute atomic E-state index is 4.43. The Morgan fingerprint density at radius 3 is 2.82 bits per heavy atom. The molecule has 4 heteroatoms. The van der Waals surface area contributed by atoms with E-state index in [9.17, 15) is 0 Å². The highest BCUT2D eigenvalue weighted by molar-refractivity contribution is 9.10. The maximum Gasteiger partial charge on any atom is 0.0597 e. The molecule has 0 saturated heterocycles. The zero-order valence-corrected chi connectivity index (χ0v) is 11.7. The smallest absolute Gasteiger partial charge is 0.0597 e. The predicted octanol–water partition coefficient (Wildman–Crippen LogP) is 3.59. The molecule has 1 heterocycles. The number of hydrogen-bond donors (Lipinski definition) is 1. The van der Waals surface area contributed by atoms with Gasteiger partial charge in [-0.15, -0.1) is 0 Å². The molecule has 0 bridgehead atoms. The van der Waals surface area contributed by atoms with Gasteiger partial charge in [-0.1, -0.05) is 12.1 Å². The van der Waals surface area contributed by atoms with E-state index in [0.29, 0.717) is 0 Å². The monoisotopic (exact) mass is 293 g/mol. The highest BCUT2D eigenvalue weighted by atomic mass is 79.9. The molecule has 0 amide bonds. The topological polar surface area (TPSA) is 29.9 Å². The van der Waals surface area contributed by atoms with Gasteiger partial charge in [-0.25, -0.2) is 0 Å². The lowest BCUT2D eigenvalue weighted by Gasteiger charge is -2.09. The Hall–Kier alpha value is -1.29. The van der Waals surface area contributed by atoms with E-state index < -0.39 is 0 Å². The Morgan fingerprint density at radius 1 is 1.35 bits per heavy atom. The molecule has 1 aromatic heterocycles. The van der Waals surface area contributed by atoms with Gasteiger partial charge in [0.2, 0.25) is 0 Å². The molecule has 3 nitrogen and oxygen atoms in total. The minimum absolute atomic E-state index is 0.789. The lowest BCUT2D eigenvalue weighted by Crippen LogP contribution is -2.08. The Balaban J connectivity index is 2.09. The van der Waals surface area contributed by atoms with Gasteiger partial charge in [-0.2, -0.15) is 5.10 Å². The van der Waals surface area contributed by atoms with Gasteiger partial charge in [0.05, 0.1) is 17.9 Å². The van der Waals surface area contributed by atoms with Crippen molar-refractivity contribution in [1.29, 1.82) is 0 Å². The second kappa shape index (κ2) is 5.36. The molecule has 0 atom stereocenters. The van der Waals surface area contributed by atoms with Crippen molar-refractivity contribution in [3.63, 3.8) is 0 Å². The zero-order valence-electron chi connectivity index (χ0n) is 10.1. The number of benzene rings is 1. The number of aromatic nitrogens is 2. The molecule has 0 aliphatic carbocycles. The third kappa shape index (κ3) is 2.88. The second-order valence-corrected chi connectivity index (χ2v) is 4.78. The van der Waals surface area contributed by atoms with E-state index >= 15 is 0 Å². The van der Waals surface area contributed by atoms with Gasteiger partial charge < -0.3 is 5.32 Å². The van der Waals surface area contributed by atoms with Crippen LogP contribution in [0.3, 0.4) is 0 Å². The van der Waals surface area contributed by atoms with E-state index in [4.69, 9.17) is 0 Å². The van der Waals surface area contributed by atoms with Crippen LogP contribution in [-0.2, 0) is 13.1 Å². The van der Waals surface area contributed by atoms with E-state index in [1.165, 1.54) is 5.69 Å². The third-order valence-corrected chi connectivity index (χ3v) is 3.31. The van der Waals surface area contributed by atoms with E-state index in [1.54, 1.807) is 0 Å². The number of hydrogen-bond acceptors (Lipinski definition) is 2. The Morgan fingerprint density at radius 2 is 2.12 bits per heavy atom. The average molecular weight is 294 g/mol. The van der Waals surface area contributed by atoms with Crippen molar-refractivity contribution in [3.8, 4) is 0 Å². The lowest BCUT2D eigenvalue weighted by atomic mass is 10.3. The van der Waals surface area contributed by atoms with Crippen LogP contribution < -0.4 is 5.32 Å².